The Morgan fingerprint density at radius 3 is 2.68 bits per heavy atom. The Morgan fingerprint density at radius 2 is 2.00 bits per heavy atom. The molecule has 1 aromatic carbocycles. The summed E-state index contributed by atoms with van der Waals surface area (Å²) in [7, 11) is 0. The van der Waals surface area contributed by atoms with Crippen LogP contribution in [0.25, 0.3) is 10.9 Å². The molecule has 0 amide bonds. The second-order valence-corrected chi connectivity index (χ2v) is 4.97. The summed E-state index contributed by atoms with van der Waals surface area (Å²) in [6.07, 6.45) is 2.57. The van der Waals surface area contributed by atoms with Crippen LogP contribution in [0.4, 0.5) is 0 Å². The number of benzene rings is 1. The van der Waals surface area contributed by atoms with Crippen LogP contribution in [-0.2, 0) is 0 Å². The van der Waals surface area contributed by atoms with Crippen LogP contribution in [-0.4, -0.2) is 16.6 Å². The van der Waals surface area contributed by atoms with Crippen molar-refractivity contribution >= 4 is 22.5 Å². The highest BCUT2D eigenvalue weighted by Gasteiger charge is 2.31. The minimum absolute atomic E-state index is 0.220. The third-order valence-electron chi connectivity index (χ3n) is 3.60. The van der Waals surface area contributed by atoms with Crippen molar-refractivity contribution in [1.82, 2.24) is 4.98 Å². The van der Waals surface area contributed by atoms with Crippen LogP contribution in [0.1, 0.15) is 26.4 Å². The van der Waals surface area contributed by atoms with E-state index >= 15 is 0 Å². The summed E-state index contributed by atoms with van der Waals surface area (Å²) >= 11 is 0. The summed E-state index contributed by atoms with van der Waals surface area (Å²) in [5.41, 5.74) is 2.05. The van der Waals surface area contributed by atoms with E-state index < -0.39 is 17.5 Å². The summed E-state index contributed by atoms with van der Waals surface area (Å²) in [6, 6.07) is 10.6. The van der Waals surface area contributed by atoms with Gasteiger partial charge < -0.3 is 9.40 Å². The molecule has 22 heavy (non-hydrogen) atoms. The van der Waals surface area contributed by atoms with Crippen molar-refractivity contribution in [3.63, 3.8) is 0 Å². The van der Waals surface area contributed by atoms with Gasteiger partial charge in [0.1, 0.15) is 6.26 Å². The number of aromatic amines is 1. The van der Waals surface area contributed by atoms with Gasteiger partial charge in [-0.2, -0.15) is 5.26 Å². The number of aryl methyl sites for hydroxylation is 1. The number of ketones is 2. The molecule has 0 spiro atoms. The van der Waals surface area contributed by atoms with Crippen molar-refractivity contribution in [2.75, 3.05) is 0 Å². The molecule has 3 aromatic rings. The minimum Gasteiger partial charge on any atom is -0.472 e. The second-order valence-electron chi connectivity index (χ2n) is 4.97. The highest BCUT2D eigenvalue weighted by Crippen LogP contribution is 2.25. The predicted octanol–water partition coefficient (Wildman–Crippen LogP) is 3.27. The lowest BCUT2D eigenvalue weighted by molar-refractivity contribution is 0.0846. The Morgan fingerprint density at radius 1 is 1.23 bits per heavy atom. The van der Waals surface area contributed by atoms with E-state index in [0.29, 0.717) is 16.6 Å². The fraction of sp³-hybridized carbons (Fsp3) is 0.118. The fourth-order valence-corrected chi connectivity index (χ4v) is 2.55. The second kappa shape index (κ2) is 5.34. The molecule has 2 aromatic heterocycles. The number of carbonyl (C=O) groups excluding carboxylic acids is 2. The number of hydrogen-bond donors (Lipinski definition) is 1. The maximum absolute atomic E-state index is 12.7. The largest absolute Gasteiger partial charge is 0.472 e. The molecule has 0 fully saturated rings. The van der Waals surface area contributed by atoms with Crippen LogP contribution in [0.3, 0.4) is 0 Å². The van der Waals surface area contributed by atoms with Gasteiger partial charge in [-0.3, -0.25) is 9.59 Å². The van der Waals surface area contributed by atoms with Crippen molar-refractivity contribution in [2.45, 2.75) is 6.92 Å². The normalized spacial score (nSPS) is 12.0. The zero-order valence-electron chi connectivity index (χ0n) is 11.8. The van der Waals surface area contributed by atoms with E-state index in [2.05, 4.69) is 4.98 Å². The van der Waals surface area contributed by atoms with Crippen LogP contribution >= 0.6 is 0 Å². The summed E-state index contributed by atoms with van der Waals surface area (Å²) in [5, 5.41) is 10.0. The van der Waals surface area contributed by atoms with Gasteiger partial charge in [0.2, 0.25) is 0 Å². The average molecular weight is 292 g/mol. The van der Waals surface area contributed by atoms with Gasteiger partial charge in [-0.15, -0.1) is 0 Å². The maximum atomic E-state index is 12.7. The third kappa shape index (κ3) is 2.11. The van der Waals surface area contributed by atoms with Crippen LogP contribution < -0.4 is 0 Å². The first kappa shape index (κ1) is 13.8. The Hall–Kier alpha value is -3.13. The van der Waals surface area contributed by atoms with E-state index in [4.69, 9.17) is 4.42 Å². The maximum Gasteiger partial charge on any atom is 0.191 e. The number of furan rings is 1. The summed E-state index contributed by atoms with van der Waals surface area (Å²) in [6.45, 7) is 1.75. The highest BCUT2D eigenvalue weighted by atomic mass is 16.3. The van der Waals surface area contributed by atoms with Crippen molar-refractivity contribution in [2.24, 2.45) is 5.92 Å². The Balaban J connectivity index is 2.06. The molecule has 5 nitrogen and oxygen atoms in total. The van der Waals surface area contributed by atoms with Gasteiger partial charge >= 0.3 is 0 Å². The summed E-state index contributed by atoms with van der Waals surface area (Å²) in [5.74, 6) is -2.43. The molecule has 0 radical (unpaired) electrons. The molecule has 3 rings (SSSR count). The van der Waals surface area contributed by atoms with E-state index in [-0.39, 0.29) is 5.56 Å². The molecular formula is C17H12N2O3. The number of aromatic nitrogens is 1. The molecule has 0 aliphatic rings. The number of hydrogen-bond acceptors (Lipinski definition) is 4. The average Bonchev–Trinajstić information content (AvgIpc) is 3.14. The third-order valence-corrected chi connectivity index (χ3v) is 3.60. The van der Waals surface area contributed by atoms with Crippen molar-refractivity contribution in [3.05, 3.63) is 59.7 Å². The lowest BCUT2D eigenvalue weighted by Crippen LogP contribution is -2.23. The lowest BCUT2D eigenvalue weighted by Gasteiger charge is -2.06. The number of Topliss-reactive ketones (excluding diaryl/α,β-unsaturated/α-hetero) is 2. The quantitative estimate of drug-likeness (QED) is 0.590. The zero-order valence-corrected chi connectivity index (χ0v) is 11.8. The van der Waals surface area contributed by atoms with Gasteiger partial charge in [0.15, 0.2) is 17.5 Å². The Bertz CT molecular complexity index is 898. The number of nitrogens with one attached hydrogen (secondary N) is 1. The van der Waals surface area contributed by atoms with Gasteiger partial charge in [-0.05, 0) is 19.1 Å². The molecule has 0 aliphatic carbocycles. The van der Waals surface area contributed by atoms with Crippen LogP contribution in [0.2, 0.25) is 0 Å². The van der Waals surface area contributed by atoms with Crippen molar-refractivity contribution in [3.8, 4) is 6.07 Å². The first-order chi connectivity index (χ1) is 10.6. The molecular weight excluding hydrogens is 280 g/mol. The molecule has 0 bridgehead atoms. The Labute approximate surface area is 126 Å². The topological polar surface area (TPSA) is 86.9 Å². The molecule has 2 heterocycles. The van der Waals surface area contributed by atoms with Gasteiger partial charge in [-0.1, -0.05) is 18.2 Å². The number of para-hydroxylation sites is 1. The number of H-pyrrole nitrogens is 1. The molecule has 0 saturated heterocycles. The van der Waals surface area contributed by atoms with E-state index in [1.807, 2.05) is 24.3 Å². The smallest absolute Gasteiger partial charge is 0.191 e. The van der Waals surface area contributed by atoms with E-state index in [9.17, 15) is 14.9 Å². The summed E-state index contributed by atoms with van der Waals surface area (Å²) in [4.78, 5) is 28.1. The number of rotatable bonds is 4. The highest BCUT2D eigenvalue weighted by molar-refractivity contribution is 6.22. The number of nitriles is 1. The molecule has 0 unspecified atom stereocenters. The summed E-state index contributed by atoms with van der Waals surface area (Å²) < 4.78 is 4.85. The van der Waals surface area contributed by atoms with Crippen LogP contribution in [0.15, 0.2) is 47.3 Å². The molecule has 0 aliphatic heterocycles. The van der Waals surface area contributed by atoms with Gasteiger partial charge in [0.05, 0.1) is 17.9 Å². The fourth-order valence-electron chi connectivity index (χ4n) is 2.55. The SMILES string of the molecule is Cc1[nH]c2ccccc2c1C(=O)[C@@H](C#N)C(=O)c1ccoc1. The monoisotopic (exact) mass is 292 g/mol. The van der Waals surface area contributed by atoms with E-state index in [0.717, 1.165) is 5.52 Å². The standard InChI is InChI=1S/C17H12N2O3/c1-10-15(12-4-2-3-5-14(12)19-10)17(21)13(8-18)16(20)11-6-7-22-9-11/h2-7,9,13,19H,1H3/t13-/m0/s1. The number of fused-ring (bicyclic) bond motifs is 1. The molecule has 1 atom stereocenters. The molecule has 0 saturated carbocycles. The van der Waals surface area contributed by atoms with Gasteiger partial charge in [-0.25, -0.2) is 0 Å². The molecule has 108 valence electrons. The Kier molecular flexibility index (Phi) is 3.36. The van der Waals surface area contributed by atoms with Crippen molar-refractivity contribution in [1.29, 1.82) is 5.26 Å². The number of carbonyl (C=O) groups is 2. The minimum atomic E-state index is -1.38. The molecule has 1 N–H and O–H groups in total. The van der Waals surface area contributed by atoms with Crippen LogP contribution in [0, 0.1) is 24.2 Å². The molecule has 5 heteroatoms. The van der Waals surface area contributed by atoms with Gasteiger partial charge in [0.25, 0.3) is 0 Å². The van der Waals surface area contributed by atoms with Gasteiger partial charge in [0, 0.05) is 22.2 Å². The zero-order chi connectivity index (χ0) is 15.7. The lowest BCUT2D eigenvalue weighted by atomic mass is 9.91. The van der Waals surface area contributed by atoms with E-state index in [1.165, 1.54) is 18.6 Å². The van der Waals surface area contributed by atoms with E-state index in [1.54, 1.807) is 13.0 Å². The first-order valence-electron chi connectivity index (χ1n) is 6.71. The van der Waals surface area contributed by atoms with Crippen LogP contribution in [0.5, 0.6) is 0 Å². The first-order valence-corrected chi connectivity index (χ1v) is 6.71. The predicted molar refractivity (Wildman–Crippen MR) is 79.5 cm³/mol. The van der Waals surface area contributed by atoms with Crippen molar-refractivity contribution < 1.29 is 14.0 Å². The number of nitrogens with zero attached hydrogens (tertiary/aromatic N) is 1.